The molecule has 0 amide bonds. The maximum Gasteiger partial charge on any atom is 0.338 e. The zero-order valence-electron chi connectivity index (χ0n) is 36.5. The third kappa shape index (κ3) is 9.97. The number of unbranched alkanes of at least 4 members (excludes halogenated alkanes) is 3. The van der Waals surface area contributed by atoms with Gasteiger partial charge in [-0.2, -0.15) is 0 Å². The van der Waals surface area contributed by atoms with Gasteiger partial charge in [0.25, 0.3) is 0 Å². The Morgan fingerprint density at radius 2 is 1.37 bits per heavy atom. The number of esters is 3. The Morgan fingerprint density at radius 3 is 2.08 bits per heavy atom. The van der Waals surface area contributed by atoms with E-state index in [0.29, 0.717) is 48.9 Å². The molecule has 2 heterocycles. The lowest BCUT2D eigenvalue weighted by atomic mass is 9.98. The van der Waals surface area contributed by atoms with E-state index in [1.807, 2.05) is 48.5 Å². The van der Waals surface area contributed by atoms with Crippen LogP contribution in [0.25, 0.3) is 44.6 Å². The molecular formula is C52H56N4O6. The van der Waals surface area contributed by atoms with Gasteiger partial charge in [0.05, 0.1) is 46.4 Å². The summed E-state index contributed by atoms with van der Waals surface area (Å²) >= 11 is 0. The number of carbonyl (C=O) groups excluding carboxylic acids is 3. The van der Waals surface area contributed by atoms with Crippen LogP contribution in [0.15, 0.2) is 109 Å². The SMILES string of the molecule is CCCCC(OC(C)=O)c1ccccc1C(=O)OCCCCCOC(=O)c1ccccc1-c1ccc(Cn2c(CCC)nc3c(C)cc(-c4nc5ccccc5n4C)cc32)cc1. The number of para-hydroxylation sites is 2. The van der Waals surface area contributed by atoms with Crippen LogP contribution in [0, 0.1) is 6.92 Å². The van der Waals surface area contributed by atoms with E-state index in [-0.39, 0.29) is 25.2 Å². The van der Waals surface area contributed by atoms with Gasteiger partial charge >= 0.3 is 17.9 Å². The summed E-state index contributed by atoms with van der Waals surface area (Å²) in [7, 11) is 2.07. The lowest BCUT2D eigenvalue weighted by molar-refractivity contribution is -0.147. The molecule has 0 aliphatic carbocycles. The number of hydrogen-bond acceptors (Lipinski definition) is 8. The van der Waals surface area contributed by atoms with Gasteiger partial charge < -0.3 is 23.3 Å². The maximum atomic E-state index is 13.4. The Bertz CT molecular complexity index is 2680. The summed E-state index contributed by atoms with van der Waals surface area (Å²) in [5.74, 6) is 0.778. The molecule has 0 radical (unpaired) electrons. The van der Waals surface area contributed by atoms with Crippen molar-refractivity contribution >= 4 is 40.0 Å². The molecule has 0 aliphatic rings. The van der Waals surface area contributed by atoms with Crippen LogP contribution in [0.4, 0.5) is 0 Å². The van der Waals surface area contributed by atoms with Gasteiger partial charge in [-0.05, 0) is 104 Å². The van der Waals surface area contributed by atoms with E-state index in [1.165, 1.54) is 6.92 Å². The number of hydrogen-bond donors (Lipinski definition) is 0. The van der Waals surface area contributed by atoms with Crippen molar-refractivity contribution in [1.82, 2.24) is 19.1 Å². The number of fused-ring (bicyclic) bond motifs is 2. The van der Waals surface area contributed by atoms with Crippen molar-refractivity contribution in [3.8, 4) is 22.5 Å². The van der Waals surface area contributed by atoms with Gasteiger partial charge in [-0.1, -0.05) is 93.1 Å². The van der Waals surface area contributed by atoms with Gasteiger partial charge in [-0.3, -0.25) is 4.79 Å². The molecule has 10 nitrogen and oxygen atoms in total. The molecule has 0 N–H and O–H groups in total. The average Bonchev–Trinajstić information content (AvgIpc) is 3.81. The topological polar surface area (TPSA) is 115 Å². The summed E-state index contributed by atoms with van der Waals surface area (Å²) in [5.41, 5.74) is 10.8. The van der Waals surface area contributed by atoms with Crippen molar-refractivity contribution in [1.29, 1.82) is 0 Å². The molecule has 62 heavy (non-hydrogen) atoms. The normalized spacial score (nSPS) is 11.8. The van der Waals surface area contributed by atoms with Crippen molar-refractivity contribution in [3.05, 3.63) is 143 Å². The maximum absolute atomic E-state index is 13.4. The van der Waals surface area contributed by atoms with Gasteiger partial charge in [0.1, 0.15) is 17.8 Å². The molecule has 10 heteroatoms. The van der Waals surface area contributed by atoms with Crippen molar-refractivity contribution < 1.29 is 28.6 Å². The fourth-order valence-corrected chi connectivity index (χ4v) is 8.15. The van der Waals surface area contributed by atoms with Gasteiger partial charge in [-0.25, -0.2) is 19.6 Å². The fraction of sp³-hybridized carbons (Fsp3) is 0.327. The quantitative estimate of drug-likeness (QED) is 0.0449. The molecule has 5 aromatic carbocycles. The second kappa shape index (κ2) is 20.3. The fourth-order valence-electron chi connectivity index (χ4n) is 8.15. The summed E-state index contributed by atoms with van der Waals surface area (Å²) in [5, 5.41) is 0. The number of imidazole rings is 2. The minimum atomic E-state index is -0.497. The minimum absolute atomic E-state index is 0.230. The summed E-state index contributed by atoms with van der Waals surface area (Å²) in [4.78, 5) is 48.3. The molecule has 1 atom stereocenters. The highest BCUT2D eigenvalue weighted by Crippen LogP contribution is 2.32. The van der Waals surface area contributed by atoms with E-state index in [0.717, 1.165) is 87.2 Å². The first-order valence-electron chi connectivity index (χ1n) is 21.9. The third-order valence-corrected chi connectivity index (χ3v) is 11.3. The Morgan fingerprint density at radius 1 is 0.694 bits per heavy atom. The Balaban J connectivity index is 0.961. The lowest BCUT2D eigenvalue weighted by Gasteiger charge is -2.19. The van der Waals surface area contributed by atoms with Crippen LogP contribution >= 0.6 is 0 Å². The minimum Gasteiger partial charge on any atom is -0.462 e. The Hall–Kier alpha value is -6.55. The summed E-state index contributed by atoms with van der Waals surface area (Å²) in [6.45, 7) is 8.89. The molecule has 1 unspecified atom stereocenters. The number of rotatable bonds is 19. The molecule has 2 aromatic heterocycles. The number of aryl methyl sites for hydroxylation is 3. The molecule has 0 saturated carbocycles. The smallest absolute Gasteiger partial charge is 0.338 e. The first-order chi connectivity index (χ1) is 30.2. The van der Waals surface area contributed by atoms with Crippen molar-refractivity contribution in [2.24, 2.45) is 7.05 Å². The van der Waals surface area contributed by atoms with Crippen LogP contribution in [0.2, 0.25) is 0 Å². The van der Waals surface area contributed by atoms with Crippen molar-refractivity contribution in [2.45, 2.75) is 91.7 Å². The zero-order chi connectivity index (χ0) is 43.6. The van der Waals surface area contributed by atoms with Gasteiger partial charge in [0.15, 0.2) is 0 Å². The molecule has 7 rings (SSSR count). The number of aromatic nitrogens is 4. The first-order valence-corrected chi connectivity index (χ1v) is 21.9. The monoisotopic (exact) mass is 832 g/mol. The molecule has 0 spiro atoms. The highest BCUT2D eigenvalue weighted by molar-refractivity contribution is 5.97. The van der Waals surface area contributed by atoms with Gasteiger partial charge in [0.2, 0.25) is 0 Å². The predicted octanol–water partition coefficient (Wildman–Crippen LogP) is 11.5. The van der Waals surface area contributed by atoms with Gasteiger partial charge in [0, 0.05) is 38.1 Å². The second-order valence-corrected chi connectivity index (χ2v) is 15.9. The molecule has 7 aromatic rings. The van der Waals surface area contributed by atoms with Crippen molar-refractivity contribution in [3.63, 3.8) is 0 Å². The molecule has 320 valence electrons. The average molecular weight is 833 g/mol. The van der Waals surface area contributed by atoms with Crippen molar-refractivity contribution in [2.75, 3.05) is 13.2 Å². The van der Waals surface area contributed by atoms with Crippen LogP contribution in [0.1, 0.15) is 115 Å². The second-order valence-electron chi connectivity index (χ2n) is 15.9. The van der Waals surface area contributed by atoms with Crippen LogP contribution < -0.4 is 0 Å². The number of carbonyl (C=O) groups is 3. The van der Waals surface area contributed by atoms with E-state index < -0.39 is 12.1 Å². The first kappa shape index (κ1) is 43.5. The van der Waals surface area contributed by atoms with Crippen LogP contribution in [-0.2, 0) is 39.0 Å². The summed E-state index contributed by atoms with van der Waals surface area (Å²) in [6.07, 6.45) is 5.76. The third-order valence-electron chi connectivity index (χ3n) is 11.3. The number of benzene rings is 5. The van der Waals surface area contributed by atoms with Crippen LogP contribution in [0.3, 0.4) is 0 Å². The molecular weight excluding hydrogens is 777 g/mol. The highest BCUT2D eigenvalue weighted by atomic mass is 16.5. The number of nitrogens with zero attached hydrogens (tertiary/aromatic N) is 4. The standard InChI is InChI=1S/C52H56N4O6/c1-6-8-25-47(62-36(4)57)41-20-11-13-22-43(41)52(59)61-31-17-9-16-30-60-51(58)42-21-12-10-19-40(42)38-28-26-37(27-29-38)34-56-46-33-39(32-35(3)49(46)54-48(56)18-7-2)50-53-44-23-14-15-24-45(44)55(50)5/h10-15,19-24,26-29,32-33,47H,6-9,16-18,25,30-31,34H2,1-5H3. The van der Waals surface area contributed by atoms with E-state index in [2.05, 4.69) is 79.4 Å². The van der Waals surface area contributed by atoms with E-state index in [9.17, 15) is 14.4 Å². The van der Waals surface area contributed by atoms with E-state index in [4.69, 9.17) is 24.2 Å². The van der Waals surface area contributed by atoms with E-state index in [1.54, 1.807) is 18.2 Å². The summed E-state index contributed by atoms with van der Waals surface area (Å²) in [6, 6.07) is 35.7. The van der Waals surface area contributed by atoms with Crippen LogP contribution in [0.5, 0.6) is 0 Å². The summed E-state index contributed by atoms with van der Waals surface area (Å²) < 4.78 is 21.4. The Labute approximate surface area is 363 Å². The lowest BCUT2D eigenvalue weighted by Crippen LogP contribution is -2.15. The molecule has 0 bridgehead atoms. The molecule has 0 saturated heterocycles. The largest absolute Gasteiger partial charge is 0.462 e. The van der Waals surface area contributed by atoms with Crippen LogP contribution in [-0.4, -0.2) is 50.2 Å². The van der Waals surface area contributed by atoms with Gasteiger partial charge in [-0.15, -0.1) is 0 Å². The highest BCUT2D eigenvalue weighted by Gasteiger charge is 2.23. The zero-order valence-corrected chi connectivity index (χ0v) is 36.5. The number of ether oxygens (including phenoxy) is 3. The van der Waals surface area contributed by atoms with E-state index >= 15 is 0 Å². The molecule has 0 aliphatic heterocycles. The Kier molecular flexibility index (Phi) is 14.3. The predicted molar refractivity (Wildman–Crippen MR) is 244 cm³/mol. The molecule has 0 fully saturated rings.